The molecule has 8 heteroatoms. The molecule has 0 rings (SSSR count). The zero-order chi connectivity index (χ0) is 13.2. The van der Waals surface area contributed by atoms with E-state index < -0.39 is 17.5 Å². The van der Waals surface area contributed by atoms with Gasteiger partial charge in [0.05, 0.1) is 11.9 Å². The van der Waals surface area contributed by atoms with Crippen LogP contribution in [0.25, 0.3) is 0 Å². The van der Waals surface area contributed by atoms with Gasteiger partial charge in [-0.3, -0.25) is 0 Å². The van der Waals surface area contributed by atoms with Gasteiger partial charge in [-0.05, 0) is 19.6 Å². The number of thiocarbonyl (C=S) groups is 1. The average molecular weight is 294 g/mol. The number of alkyl halides is 3. The maximum absolute atomic E-state index is 11.2. The molecule has 1 N–H and O–H groups in total. The number of nitrogens with one attached hydrogen (secondary N) is 1. The lowest BCUT2D eigenvalue weighted by molar-refractivity contribution is -0.0332. The highest BCUT2D eigenvalue weighted by Crippen LogP contribution is 2.27. The van der Waals surface area contributed by atoms with Crippen LogP contribution in [-0.4, -0.2) is 34.4 Å². The maximum atomic E-state index is 11.2. The predicted octanol–water partition coefficient (Wildman–Crippen LogP) is 3.31. The molecular weight excluding hydrogens is 277 g/mol. The molecule has 0 radical (unpaired) electrons. The molecule has 2 nitrogen and oxygen atoms in total. The Balaban J connectivity index is 0. The molecule has 0 saturated heterocycles. The summed E-state index contributed by atoms with van der Waals surface area (Å²) in [5, 5.41) is 0. The van der Waals surface area contributed by atoms with Crippen molar-refractivity contribution in [2.24, 2.45) is 0 Å². The van der Waals surface area contributed by atoms with Crippen LogP contribution in [0.5, 0.6) is 0 Å². The molecule has 0 aromatic carbocycles. The van der Waals surface area contributed by atoms with Crippen LogP contribution in [0.2, 0.25) is 0 Å². The van der Waals surface area contributed by atoms with Gasteiger partial charge in [0.1, 0.15) is 4.32 Å². The van der Waals surface area contributed by atoms with Gasteiger partial charge in [-0.25, -0.2) is 0 Å². The Hall–Kier alpha value is 0.340. The van der Waals surface area contributed by atoms with E-state index in [4.69, 9.17) is 0 Å². The number of thiol groups is 1. The molecule has 0 fully saturated rings. The molecule has 0 aliphatic heterocycles. The van der Waals surface area contributed by atoms with Crippen molar-refractivity contribution in [3.8, 4) is 0 Å². The number of nitrogens with zero attached hydrogens (tertiary/aromatic N) is 1. The molecule has 0 bridgehead atoms. The van der Waals surface area contributed by atoms with Crippen LogP contribution in [0.1, 0.15) is 20.8 Å². The summed E-state index contributed by atoms with van der Waals surface area (Å²) in [6, 6.07) is 0. The molecule has 0 atom stereocenters. The van der Waals surface area contributed by atoms with Crippen LogP contribution in [0, 0.1) is 0 Å². The highest BCUT2D eigenvalue weighted by Gasteiger charge is 2.28. The summed E-state index contributed by atoms with van der Waals surface area (Å²) >= 11 is 7.18. The van der Waals surface area contributed by atoms with Crippen molar-refractivity contribution >= 4 is 41.1 Å². The molecule has 0 aliphatic carbocycles. The van der Waals surface area contributed by atoms with Gasteiger partial charge >= 0.3 is 5.51 Å². The van der Waals surface area contributed by atoms with Gasteiger partial charge in [-0.2, -0.15) is 13.2 Å². The second-order valence-electron chi connectivity index (χ2n) is 2.57. The lowest BCUT2D eigenvalue weighted by Crippen LogP contribution is -2.21. The Kier molecular flexibility index (Phi) is 12.3. The minimum Gasteiger partial charge on any atom is -0.308 e. The van der Waals surface area contributed by atoms with Crippen molar-refractivity contribution in [1.82, 2.24) is 9.62 Å². The van der Waals surface area contributed by atoms with Crippen LogP contribution < -0.4 is 4.72 Å². The van der Waals surface area contributed by atoms with Gasteiger partial charge in [-0.15, -0.1) is 12.6 Å². The molecule has 0 aromatic rings. The van der Waals surface area contributed by atoms with Crippen molar-refractivity contribution in [3.63, 3.8) is 0 Å². The van der Waals surface area contributed by atoms with Crippen molar-refractivity contribution in [2.75, 3.05) is 19.6 Å². The van der Waals surface area contributed by atoms with E-state index in [1.54, 1.807) is 4.72 Å². The average Bonchev–Trinajstić information content (AvgIpc) is 2.18. The Morgan fingerprint density at radius 1 is 1.25 bits per heavy atom. The SMILES string of the molecule is CCN(CC)CC.FC(F)(F)SNC(=S)S. The Bertz CT molecular complexity index is 178. The van der Waals surface area contributed by atoms with Gasteiger partial charge in [-0.1, -0.05) is 33.0 Å². The molecule has 0 aromatic heterocycles. The van der Waals surface area contributed by atoms with Crippen LogP contribution in [-0.2, 0) is 0 Å². The van der Waals surface area contributed by atoms with E-state index in [0.29, 0.717) is 0 Å². The van der Waals surface area contributed by atoms with Crippen molar-refractivity contribution in [2.45, 2.75) is 26.3 Å². The van der Waals surface area contributed by atoms with Crippen LogP contribution in [0.4, 0.5) is 13.2 Å². The fraction of sp³-hybridized carbons (Fsp3) is 0.875. The molecule has 0 amide bonds. The van der Waals surface area contributed by atoms with E-state index in [2.05, 4.69) is 50.5 Å². The Morgan fingerprint density at radius 3 is 1.69 bits per heavy atom. The largest absolute Gasteiger partial charge is 0.461 e. The fourth-order valence-electron chi connectivity index (χ4n) is 0.772. The van der Waals surface area contributed by atoms with Gasteiger partial charge in [0, 0.05) is 0 Å². The van der Waals surface area contributed by atoms with Crippen molar-refractivity contribution in [3.05, 3.63) is 0 Å². The second kappa shape index (κ2) is 10.5. The fourth-order valence-corrected chi connectivity index (χ4v) is 1.24. The predicted molar refractivity (Wildman–Crippen MR) is 71.8 cm³/mol. The lowest BCUT2D eigenvalue weighted by atomic mass is 10.5. The summed E-state index contributed by atoms with van der Waals surface area (Å²) in [6.45, 7) is 10.1. The monoisotopic (exact) mass is 294 g/mol. The highest BCUT2D eigenvalue weighted by molar-refractivity contribution is 8.13. The molecule has 98 valence electrons. The molecule has 0 aliphatic rings. The number of hydrogen-bond acceptors (Lipinski definition) is 3. The van der Waals surface area contributed by atoms with Crippen LogP contribution in [0.3, 0.4) is 0 Å². The first kappa shape index (κ1) is 18.7. The molecule has 0 heterocycles. The Labute approximate surface area is 110 Å². The zero-order valence-electron chi connectivity index (χ0n) is 9.47. The molecule has 0 unspecified atom stereocenters. The minimum atomic E-state index is -4.30. The Morgan fingerprint density at radius 2 is 1.62 bits per heavy atom. The van der Waals surface area contributed by atoms with Gasteiger partial charge in [0.25, 0.3) is 0 Å². The van der Waals surface area contributed by atoms with Gasteiger partial charge in [0.2, 0.25) is 0 Å². The number of halogens is 3. The standard InChI is InChI=1S/C6H15N.C2H2F3NS3/c1-4-7(5-2)6-3;3-2(4,5)9-6-1(7)8/h4-6H2,1-3H3;(H2,6,7,8). The van der Waals surface area contributed by atoms with Crippen LogP contribution in [0.15, 0.2) is 0 Å². The second-order valence-corrected chi connectivity index (χ2v) is 4.60. The molecule has 0 spiro atoms. The van der Waals surface area contributed by atoms with E-state index in [-0.39, 0.29) is 4.32 Å². The lowest BCUT2D eigenvalue weighted by Gasteiger charge is -2.13. The maximum Gasteiger partial charge on any atom is 0.461 e. The van der Waals surface area contributed by atoms with Crippen LogP contribution >= 0.6 is 36.8 Å². The summed E-state index contributed by atoms with van der Waals surface area (Å²) in [6.07, 6.45) is 0. The number of hydrogen-bond donors (Lipinski definition) is 2. The number of rotatable bonds is 4. The topological polar surface area (TPSA) is 15.3 Å². The van der Waals surface area contributed by atoms with Crippen molar-refractivity contribution in [1.29, 1.82) is 0 Å². The first-order valence-corrected chi connectivity index (χ1v) is 6.39. The molecule has 0 saturated carbocycles. The summed E-state index contributed by atoms with van der Waals surface area (Å²) in [5.41, 5.74) is -4.30. The third-order valence-corrected chi connectivity index (χ3v) is 2.63. The molecular formula is C8H17F3N2S3. The summed E-state index contributed by atoms with van der Waals surface area (Å²) < 4.78 is 35.3. The van der Waals surface area contributed by atoms with Gasteiger partial charge < -0.3 is 9.62 Å². The van der Waals surface area contributed by atoms with E-state index in [0.717, 1.165) is 0 Å². The summed E-state index contributed by atoms with van der Waals surface area (Å²) in [5.74, 6) is 0. The first-order valence-electron chi connectivity index (χ1n) is 4.72. The smallest absolute Gasteiger partial charge is 0.308 e. The van der Waals surface area contributed by atoms with Crippen molar-refractivity contribution < 1.29 is 13.2 Å². The quantitative estimate of drug-likeness (QED) is 0.469. The minimum absolute atomic E-state index is 0.183. The van der Waals surface area contributed by atoms with E-state index >= 15 is 0 Å². The van der Waals surface area contributed by atoms with E-state index in [1.807, 2.05) is 0 Å². The van der Waals surface area contributed by atoms with E-state index in [1.165, 1.54) is 19.6 Å². The van der Waals surface area contributed by atoms with Gasteiger partial charge in [0.15, 0.2) is 0 Å². The highest BCUT2D eigenvalue weighted by atomic mass is 32.2. The summed E-state index contributed by atoms with van der Waals surface area (Å²) in [4.78, 5) is 2.38. The van der Waals surface area contributed by atoms with E-state index in [9.17, 15) is 13.2 Å². The summed E-state index contributed by atoms with van der Waals surface area (Å²) in [7, 11) is 0. The molecule has 16 heavy (non-hydrogen) atoms. The third kappa shape index (κ3) is 16.8. The first-order chi connectivity index (χ1) is 7.26. The zero-order valence-corrected chi connectivity index (χ0v) is 12.0. The normalized spacial score (nSPS) is 10.8. The third-order valence-electron chi connectivity index (χ3n) is 1.60.